The molecule has 0 amide bonds. The molecule has 5 aromatic carbocycles. The van der Waals surface area contributed by atoms with Crippen LogP contribution in [-0.4, -0.2) is 0 Å². The summed E-state index contributed by atoms with van der Waals surface area (Å²) in [6, 6.07) is 29.6. The standard InChI is InChI=1S/C26H17NS/c27-25-23(18-14-7-9-16-8-1-2-10-17(16)18)19-11-3-4-12-20(19)24-21-13-5-6-15-22(21)28-26(24)25/h1-15H,27H2/i7D. The highest BCUT2D eigenvalue weighted by Gasteiger charge is 2.18. The smallest absolute Gasteiger partial charge is 0.0623 e. The van der Waals surface area contributed by atoms with Crippen LogP contribution in [0, 0.1) is 0 Å². The van der Waals surface area contributed by atoms with Crippen molar-refractivity contribution in [2.24, 2.45) is 0 Å². The minimum Gasteiger partial charge on any atom is -0.397 e. The Hall–Kier alpha value is -3.36. The molecule has 0 radical (unpaired) electrons. The van der Waals surface area contributed by atoms with E-state index >= 15 is 0 Å². The van der Waals surface area contributed by atoms with Gasteiger partial charge in [0.05, 0.1) is 11.8 Å². The van der Waals surface area contributed by atoms with Gasteiger partial charge in [-0.2, -0.15) is 0 Å². The van der Waals surface area contributed by atoms with Crippen LogP contribution in [0.2, 0.25) is 0 Å². The molecule has 0 aliphatic rings. The van der Waals surface area contributed by atoms with Crippen molar-refractivity contribution in [2.75, 3.05) is 5.73 Å². The van der Waals surface area contributed by atoms with Gasteiger partial charge in [0.25, 0.3) is 0 Å². The molecule has 0 atom stereocenters. The van der Waals surface area contributed by atoms with Gasteiger partial charge in [-0.05, 0) is 33.2 Å². The zero-order valence-electron chi connectivity index (χ0n) is 16.1. The first kappa shape index (κ1) is 14.7. The summed E-state index contributed by atoms with van der Waals surface area (Å²) in [5.74, 6) is 0. The monoisotopic (exact) mass is 376 g/mol. The van der Waals surface area contributed by atoms with Crippen molar-refractivity contribution >= 4 is 58.7 Å². The Labute approximate surface area is 168 Å². The van der Waals surface area contributed by atoms with Gasteiger partial charge in [0.1, 0.15) is 0 Å². The van der Waals surface area contributed by atoms with E-state index in [1.54, 1.807) is 11.3 Å². The molecular weight excluding hydrogens is 358 g/mol. The number of nitrogen functional groups attached to an aromatic ring is 1. The Bertz CT molecular complexity index is 1580. The minimum atomic E-state index is 0.499. The number of thiophene rings is 1. The fourth-order valence-corrected chi connectivity index (χ4v) is 5.52. The van der Waals surface area contributed by atoms with Crippen molar-refractivity contribution in [2.45, 2.75) is 0 Å². The average Bonchev–Trinajstić information content (AvgIpc) is 3.14. The molecule has 0 bridgehead atoms. The SMILES string of the molecule is [2H]c1cc(-c2c(N)c3sc4ccccc4c3c3ccccc23)c2ccccc2c1. The van der Waals surface area contributed by atoms with Gasteiger partial charge in [0.15, 0.2) is 0 Å². The zero-order valence-corrected chi connectivity index (χ0v) is 15.9. The Morgan fingerprint density at radius 3 is 2.21 bits per heavy atom. The Morgan fingerprint density at radius 2 is 1.36 bits per heavy atom. The number of hydrogen-bond donors (Lipinski definition) is 1. The number of benzene rings is 5. The van der Waals surface area contributed by atoms with Gasteiger partial charge in [-0.15, -0.1) is 11.3 Å². The highest BCUT2D eigenvalue weighted by molar-refractivity contribution is 7.26. The third-order valence-electron chi connectivity index (χ3n) is 5.56. The van der Waals surface area contributed by atoms with E-state index in [0.29, 0.717) is 6.04 Å². The summed E-state index contributed by atoms with van der Waals surface area (Å²) < 4.78 is 10.7. The quantitative estimate of drug-likeness (QED) is 0.294. The van der Waals surface area contributed by atoms with Crippen molar-refractivity contribution < 1.29 is 1.37 Å². The average molecular weight is 377 g/mol. The topological polar surface area (TPSA) is 26.0 Å². The van der Waals surface area contributed by atoms with E-state index in [4.69, 9.17) is 7.10 Å². The van der Waals surface area contributed by atoms with Crippen molar-refractivity contribution in [1.82, 2.24) is 0 Å². The second kappa shape index (κ2) is 5.82. The summed E-state index contributed by atoms with van der Waals surface area (Å²) in [5, 5.41) is 7.02. The molecule has 28 heavy (non-hydrogen) atoms. The van der Waals surface area contributed by atoms with Gasteiger partial charge >= 0.3 is 0 Å². The first-order valence-electron chi connectivity index (χ1n) is 9.83. The maximum absolute atomic E-state index is 8.36. The molecule has 0 unspecified atom stereocenters. The highest BCUT2D eigenvalue weighted by atomic mass is 32.1. The Kier molecular flexibility index (Phi) is 3.05. The maximum Gasteiger partial charge on any atom is 0.0623 e. The lowest BCUT2D eigenvalue weighted by molar-refractivity contribution is 1.70. The molecule has 1 heterocycles. The maximum atomic E-state index is 8.36. The van der Waals surface area contributed by atoms with Gasteiger partial charge in [0.2, 0.25) is 0 Å². The first-order chi connectivity index (χ1) is 14.2. The minimum absolute atomic E-state index is 0.499. The lowest BCUT2D eigenvalue weighted by atomic mass is 9.90. The van der Waals surface area contributed by atoms with Crippen molar-refractivity contribution in [1.29, 1.82) is 0 Å². The predicted octanol–water partition coefficient (Wildman–Crippen LogP) is 7.61. The number of hydrogen-bond acceptors (Lipinski definition) is 2. The third kappa shape index (κ3) is 2.07. The lowest BCUT2D eigenvalue weighted by Crippen LogP contribution is -1.93. The van der Waals surface area contributed by atoms with E-state index in [1.165, 1.54) is 20.9 Å². The Balaban J connectivity index is 1.88. The second-order valence-electron chi connectivity index (χ2n) is 7.09. The van der Waals surface area contributed by atoms with E-state index in [-0.39, 0.29) is 0 Å². The lowest BCUT2D eigenvalue weighted by Gasteiger charge is -2.15. The molecule has 0 fully saturated rings. The summed E-state index contributed by atoms with van der Waals surface area (Å²) >= 11 is 1.75. The van der Waals surface area contributed by atoms with E-state index in [2.05, 4.69) is 60.7 Å². The molecule has 0 aliphatic heterocycles. The van der Waals surface area contributed by atoms with Crippen molar-refractivity contribution in [3.63, 3.8) is 0 Å². The van der Waals surface area contributed by atoms with Crippen molar-refractivity contribution in [3.8, 4) is 11.1 Å². The van der Waals surface area contributed by atoms with E-state index < -0.39 is 0 Å². The molecule has 0 saturated heterocycles. The normalized spacial score (nSPS) is 12.2. The third-order valence-corrected chi connectivity index (χ3v) is 6.77. The molecule has 0 spiro atoms. The zero-order chi connectivity index (χ0) is 19.5. The number of fused-ring (bicyclic) bond motifs is 6. The van der Waals surface area contributed by atoms with Crippen LogP contribution in [0.25, 0.3) is 52.8 Å². The molecule has 6 aromatic rings. The van der Waals surface area contributed by atoms with Gasteiger partial charge in [-0.25, -0.2) is 0 Å². The van der Waals surface area contributed by atoms with Crippen LogP contribution >= 0.6 is 11.3 Å². The van der Waals surface area contributed by atoms with Crippen LogP contribution in [0.15, 0.2) is 91.0 Å². The number of rotatable bonds is 1. The molecule has 132 valence electrons. The van der Waals surface area contributed by atoms with Crippen LogP contribution in [-0.2, 0) is 0 Å². The fraction of sp³-hybridized carbons (Fsp3) is 0. The van der Waals surface area contributed by atoms with E-state index in [9.17, 15) is 0 Å². The van der Waals surface area contributed by atoms with E-state index in [1.807, 2.05) is 24.3 Å². The predicted molar refractivity (Wildman–Crippen MR) is 124 cm³/mol. The summed E-state index contributed by atoms with van der Waals surface area (Å²) in [7, 11) is 0. The van der Waals surface area contributed by atoms with E-state index in [0.717, 1.165) is 37.7 Å². The van der Waals surface area contributed by atoms with Gasteiger partial charge in [0, 0.05) is 21.0 Å². The van der Waals surface area contributed by atoms with Crippen LogP contribution in [0.5, 0.6) is 0 Å². The van der Waals surface area contributed by atoms with Crippen LogP contribution < -0.4 is 5.73 Å². The fourth-order valence-electron chi connectivity index (χ4n) is 4.34. The molecular formula is C26H17NS. The Morgan fingerprint density at radius 1 is 0.679 bits per heavy atom. The van der Waals surface area contributed by atoms with Gasteiger partial charge in [-0.3, -0.25) is 0 Å². The molecule has 1 aromatic heterocycles. The molecule has 1 nitrogen and oxygen atoms in total. The van der Waals surface area contributed by atoms with Gasteiger partial charge < -0.3 is 5.73 Å². The largest absolute Gasteiger partial charge is 0.397 e. The molecule has 2 heteroatoms. The first-order valence-corrected chi connectivity index (χ1v) is 10.2. The summed E-state index contributed by atoms with van der Waals surface area (Å²) in [6.45, 7) is 0. The molecule has 0 aliphatic carbocycles. The molecule has 6 rings (SSSR count). The summed E-state index contributed by atoms with van der Waals surface area (Å²) in [6.07, 6.45) is 0. The second-order valence-corrected chi connectivity index (χ2v) is 8.15. The van der Waals surface area contributed by atoms with Crippen molar-refractivity contribution in [3.05, 3.63) is 91.0 Å². The van der Waals surface area contributed by atoms with Gasteiger partial charge in [-0.1, -0.05) is 84.9 Å². The summed E-state index contributed by atoms with van der Waals surface area (Å²) in [5.41, 5.74) is 9.73. The number of anilines is 1. The van der Waals surface area contributed by atoms with Crippen LogP contribution in [0.4, 0.5) is 5.69 Å². The van der Waals surface area contributed by atoms with Crippen LogP contribution in [0.1, 0.15) is 1.37 Å². The molecule has 0 saturated carbocycles. The van der Waals surface area contributed by atoms with Crippen LogP contribution in [0.3, 0.4) is 0 Å². The number of nitrogens with two attached hydrogens (primary N) is 1. The highest BCUT2D eigenvalue weighted by Crippen LogP contribution is 2.48. The summed E-state index contributed by atoms with van der Waals surface area (Å²) in [4.78, 5) is 0. The molecule has 2 N–H and O–H groups in total.